The van der Waals surface area contributed by atoms with Crippen LogP contribution >= 0.6 is 11.8 Å². The van der Waals surface area contributed by atoms with E-state index >= 15 is 0 Å². The molecule has 0 aliphatic rings. The first-order valence-corrected chi connectivity index (χ1v) is 7.70. The molecule has 7 heteroatoms. The van der Waals surface area contributed by atoms with Crippen LogP contribution in [-0.4, -0.2) is 17.7 Å². The molecule has 0 aromatic heterocycles. The van der Waals surface area contributed by atoms with Gasteiger partial charge in [0, 0.05) is 10.6 Å². The Hall–Kier alpha value is -2.15. The highest BCUT2D eigenvalue weighted by Crippen LogP contribution is 2.26. The van der Waals surface area contributed by atoms with Crippen LogP contribution in [0.1, 0.15) is 6.92 Å². The van der Waals surface area contributed by atoms with Gasteiger partial charge in [0.15, 0.2) is 0 Å². The standard InChI is InChI=1S/C16H15F3N2OS/c1-10(15(22)21-14-5-3-2-4-13(14)17)20-11-6-8-12(9-7-11)23-16(18)19/h2-10,16,20H,1H3,(H,21,22)/t10-/m1/s1. The van der Waals surface area contributed by atoms with E-state index in [1.807, 2.05) is 0 Å². The summed E-state index contributed by atoms with van der Waals surface area (Å²) in [7, 11) is 0. The summed E-state index contributed by atoms with van der Waals surface area (Å²) in [5, 5.41) is 5.42. The molecule has 0 spiro atoms. The molecular formula is C16H15F3N2OS. The van der Waals surface area contributed by atoms with Gasteiger partial charge in [-0.2, -0.15) is 8.78 Å². The van der Waals surface area contributed by atoms with Crippen LogP contribution in [-0.2, 0) is 4.79 Å². The molecule has 0 heterocycles. The predicted octanol–water partition coefficient (Wildman–Crippen LogP) is 4.58. The van der Waals surface area contributed by atoms with Crippen molar-refractivity contribution in [1.82, 2.24) is 0 Å². The Morgan fingerprint density at radius 3 is 2.35 bits per heavy atom. The molecule has 23 heavy (non-hydrogen) atoms. The monoisotopic (exact) mass is 340 g/mol. The van der Waals surface area contributed by atoms with Crippen molar-refractivity contribution in [3.8, 4) is 0 Å². The van der Waals surface area contributed by atoms with Crippen LogP contribution in [0.5, 0.6) is 0 Å². The fraction of sp³-hybridized carbons (Fsp3) is 0.188. The Morgan fingerprint density at radius 2 is 1.74 bits per heavy atom. The van der Waals surface area contributed by atoms with Gasteiger partial charge < -0.3 is 10.6 Å². The van der Waals surface area contributed by atoms with E-state index in [9.17, 15) is 18.0 Å². The molecular weight excluding hydrogens is 325 g/mol. The highest BCUT2D eigenvalue weighted by atomic mass is 32.2. The maximum absolute atomic E-state index is 13.5. The lowest BCUT2D eigenvalue weighted by Gasteiger charge is -2.16. The lowest BCUT2D eigenvalue weighted by molar-refractivity contribution is -0.116. The summed E-state index contributed by atoms with van der Waals surface area (Å²) in [6.45, 7) is 1.62. The van der Waals surface area contributed by atoms with Gasteiger partial charge in [0.1, 0.15) is 11.9 Å². The van der Waals surface area contributed by atoms with E-state index in [1.165, 1.54) is 18.2 Å². The van der Waals surface area contributed by atoms with Crippen molar-refractivity contribution in [3.63, 3.8) is 0 Å². The van der Waals surface area contributed by atoms with Gasteiger partial charge in [0.25, 0.3) is 5.76 Å². The molecule has 122 valence electrons. The lowest BCUT2D eigenvalue weighted by Crippen LogP contribution is -2.32. The minimum atomic E-state index is -2.47. The Bertz CT molecular complexity index is 665. The van der Waals surface area contributed by atoms with Crippen molar-refractivity contribution in [2.75, 3.05) is 10.6 Å². The highest BCUT2D eigenvalue weighted by molar-refractivity contribution is 7.99. The normalized spacial score (nSPS) is 12.0. The number of rotatable bonds is 6. The summed E-state index contributed by atoms with van der Waals surface area (Å²) in [5.74, 6) is -3.39. The SMILES string of the molecule is C[C@@H](Nc1ccc(SC(F)F)cc1)C(=O)Nc1ccccc1F. The number of thioether (sulfide) groups is 1. The predicted molar refractivity (Wildman–Crippen MR) is 86.4 cm³/mol. The minimum Gasteiger partial charge on any atom is -0.374 e. The average molecular weight is 340 g/mol. The third-order valence-corrected chi connectivity index (χ3v) is 3.71. The first-order valence-electron chi connectivity index (χ1n) is 6.82. The molecule has 0 unspecified atom stereocenters. The summed E-state index contributed by atoms with van der Waals surface area (Å²) in [5.41, 5.74) is 0.717. The number of carbonyl (C=O) groups excluding carboxylic acids is 1. The van der Waals surface area contributed by atoms with Crippen molar-refractivity contribution in [2.24, 2.45) is 0 Å². The molecule has 0 aliphatic heterocycles. The van der Waals surface area contributed by atoms with E-state index in [2.05, 4.69) is 10.6 Å². The topological polar surface area (TPSA) is 41.1 Å². The number of para-hydroxylation sites is 1. The maximum Gasteiger partial charge on any atom is 0.288 e. The van der Waals surface area contributed by atoms with E-state index < -0.39 is 23.5 Å². The molecule has 1 atom stereocenters. The van der Waals surface area contributed by atoms with Gasteiger partial charge in [0.05, 0.1) is 5.69 Å². The van der Waals surface area contributed by atoms with E-state index in [4.69, 9.17) is 0 Å². The van der Waals surface area contributed by atoms with Crippen molar-refractivity contribution in [1.29, 1.82) is 0 Å². The highest BCUT2D eigenvalue weighted by Gasteiger charge is 2.14. The summed E-state index contributed by atoms with van der Waals surface area (Å²) < 4.78 is 38.0. The molecule has 2 N–H and O–H groups in total. The van der Waals surface area contributed by atoms with Gasteiger partial charge in [-0.25, -0.2) is 4.39 Å². The number of alkyl halides is 2. The van der Waals surface area contributed by atoms with Crippen LogP contribution in [0.4, 0.5) is 24.5 Å². The third kappa shape index (κ3) is 5.21. The zero-order valence-electron chi connectivity index (χ0n) is 12.2. The third-order valence-electron chi connectivity index (χ3n) is 2.99. The Labute approximate surface area is 136 Å². The summed E-state index contributed by atoms with van der Waals surface area (Å²) >= 11 is 0.454. The summed E-state index contributed by atoms with van der Waals surface area (Å²) in [6, 6.07) is 11.6. The Balaban J connectivity index is 1.94. The number of carbonyl (C=O) groups is 1. The number of amides is 1. The minimum absolute atomic E-state index is 0.106. The van der Waals surface area contributed by atoms with Gasteiger partial charge in [-0.1, -0.05) is 23.9 Å². The number of anilines is 2. The number of hydrogen-bond donors (Lipinski definition) is 2. The largest absolute Gasteiger partial charge is 0.374 e. The van der Waals surface area contributed by atoms with Gasteiger partial charge in [-0.3, -0.25) is 4.79 Å². The molecule has 2 aromatic carbocycles. The van der Waals surface area contributed by atoms with Gasteiger partial charge >= 0.3 is 0 Å². The van der Waals surface area contributed by atoms with Crippen molar-refractivity contribution >= 4 is 29.0 Å². The van der Waals surface area contributed by atoms with Gasteiger partial charge in [-0.15, -0.1) is 0 Å². The lowest BCUT2D eigenvalue weighted by atomic mass is 10.2. The molecule has 0 aliphatic carbocycles. The van der Waals surface area contributed by atoms with Crippen molar-refractivity contribution in [3.05, 3.63) is 54.3 Å². The van der Waals surface area contributed by atoms with Crippen LogP contribution in [0.15, 0.2) is 53.4 Å². The zero-order chi connectivity index (χ0) is 16.8. The number of halogens is 3. The van der Waals surface area contributed by atoms with Crippen molar-refractivity contribution < 1.29 is 18.0 Å². The first kappa shape index (κ1) is 17.2. The second kappa shape index (κ2) is 7.92. The smallest absolute Gasteiger partial charge is 0.288 e. The quantitative estimate of drug-likeness (QED) is 0.756. The fourth-order valence-corrected chi connectivity index (χ4v) is 2.35. The van der Waals surface area contributed by atoms with Crippen LogP contribution in [0.2, 0.25) is 0 Å². The van der Waals surface area contributed by atoms with E-state index in [-0.39, 0.29) is 5.69 Å². The maximum atomic E-state index is 13.5. The van der Waals surface area contributed by atoms with Gasteiger partial charge in [-0.05, 0) is 43.3 Å². The molecule has 0 saturated heterocycles. The van der Waals surface area contributed by atoms with E-state index in [1.54, 1.807) is 37.3 Å². The number of benzene rings is 2. The molecule has 2 rings (SSSR count). The van der Waals surface area contributed by atoms with Crippen LogP contribution < -0.4 is 10.6 Å². The van der Waals surface area contributed by atoms with Crippen LogP contribution in [0, 0.1) is 5.82 Å². The molecule has 3 nitrogen and oxygen atoms in total. The second-order valence-electron chi connectivity index (χ2n) is 4.74. The average Bonchev–Trinajstić information content (AvgIpc) is 2.51. The molecule has 1 amide bonds. The molecule has 0 radical (unpaired) electrons. The number of hydrogen-bond acceptors (Lipinski definition) is 3. The first-order chi connectivity index (χ1) is 11.0. The van der Waals surface area contributed by atoms with Crippen molar-refractivity contribution in [2.45, 2.75) is 23.6 Å². The molecule has 0 saturated carbocycles. The molecule has 0 bridgehead atoms. The summed E-state index contributed by atoms with van der Waals surface area (Å²) in [4.78, 5) is 12.5. The van der Waals surface area contributed by atoms with Crippen LogP contribution in [0.25, 0.3) is 0 Å². The summed E-state index contributed by atoms with van der Waals surface area (Å²) in [6.07, 6.45) is 0. The molecule has 0 fully saturated rings. The molecule has 2 aromatic rings. The fourth-order valence-electron chi connectivity index (χ4n) is 1.85. The second-order valence-corrected chi connectivity index (χ2v) is 5.80. The van der Waals surface area contributed by atoms with Crippen LogP contribution in [0.3, 0.4) is 0 Å². The van der Waals surface area contributed by atoms with E-state index in [0.29, 0.717) is 22.3 Å². The van der Waals surface area contributed by atoms with Gasteiger partial charge in [0.2, 0.25) is 5.91 Å². The zero-order valence-corrected chi connectivity index (χ0v) is 13.0. The number of nitrogens with one attached hydrogen (secondary N) is 2. The Morgan fingerprint density at radius 1 is 1.09 bits per heavy atom. The van der Waals surface area contributed by atoms with E-state index in [0.717, 1.165) is 0 Å². The Kier molecular flexibility index (Phi) is 5.92.